The molecule has 1 amide bonds. The molecule has 1 aromatic carbocycles. The van der Waals surface area contributed by atoms with Crippen LogP contribution in [0.25, 0.3) is 10.2 Å². The SMILES string of the molecule is CCOc1nc2ccc(OOOC[C@H](C)NC(C)=O)c(Cl)c2s1. The standard InChI is InChI=1S/C14H17ClN2O5S/c1-4-19-14-17-10-5-6-11(12(15)13(10)23-14)21-22-20-7-8(2)16-9(3)18/h5-6,8H,4,7H2,1-3H3,(H,16,18)/t8-/m0/s1. The fourth-order valence-electron chi connectivity index (χ4n) is 1.75. The summed E-state index contributed by atoms with van der Waals surface area (Å²) in [5.74, 6) is 0.156. The Kier molecular flexibility index (Phi) is 6.40. The molecule has 9 heteroatoms. The Balaban J connectivity index is 1.92. The summed E-state index contributed by atoms with van der Waals surface area (Å²) >= 11 is 7.59. The first-order chi connectivity index (χ1) is 11.0. The van der Waals surface area contributed by atoms with Gasteiger partial charge in [-0.3, -0.25) is 4.79 Å². The van der Waals surface area contributed by atoms with E-state index in [9.17, 15) is 4.79 Å². The number of hydrogen-bond acceptors (Lipinski definition) is 7. The summed E-state index contributed by atoms with van der Waals surface area (Å²) in [5.41, 5.74) is 0.719. The van der Waals surface area contributed by atoms with Crippen LogP contribution in [-0.2, 0) is 14.7 Å². The summed E-state index contributed by atoms with van der Waals surface area (Å²) in [5, 5.41) is 8.23. The number of ether oxygens (including phenoxy) is 1. The Hall–Kier alpha value is -1.61. The van der Waals surface area contributed by atoms with Crippen molar-refractivity contribution in [2.24, 2.45) is 0 Å². The Morgan fingerprint density at radius 2 is 2.26 bits per heavy atom. The second-order valence-electron chi connectivity index (χ2n) is 4.68. The van der Waals surface area contributed by atoms with Crippen LogP contribution in [0.4, 0.5) is 0 Å². The van der Waals surface area contributed by atoms with Crippen molar-refractivity contribution in [3.05, 3.63) is 17.2 Å². The van der Waals surface area contributed by atoms with Crippen molar-refractivity contribution >= 4 is 39.1 Å². The van der Waals surface area contributed by atoms with Gasteiger partial charge in [0.05, 0.1) is 22.9 Å². The van der Waals surface area contributed by atoms with Crippen molar-refractivity contribution in [2.45, 2.75) is 26.8 Å². The van der Waals surface area contributed by atoms with Crippen LogP contribution < -0.4 is 14.9 Å². The molecule has 0 unspecified atom stereocenters. The quantitative estimate of drug-likeness (QED) is 0.442. The Morgan fingerprint density at radius 3 is 2.96 bits per heavy atom. The minimum absolute atomic E-state index is 0.133. The minimum Gasteiger partial charge on any atom is -0.470 e. The van der Waals surface area contributed by atoms with Crippen molar-refractivity contribution in [1.29, 1.82) is 0 Å². The molecule has 0 saturated heterocycles. The Morgan fingerprint density at radius 1 is 1.48 bits per heavy atom. The van der Waals surface area contributed by atoms with Gasteiger partial charge in [-0.1, -0.05) is 22.9 Å². The van der Waals surface area contributed by atoms with E-state index in [-0.39, 0.29) is 18.6 Å². The van der Waals surface area contributed by atoms with Crippen molar-refractivity contribution < 1.29 is 24.3 Å². The molecule has 0 bridgehead atoms. The van der Waals surface area contributed by atoms with Gasteiger partial charge in [-0.05, 0) is 31.0 Å². The molecule has 7 nitrogen and oxygen atoms in total. The molecule has 0 aliphatic rings. The molecule has 0 fully saturated rings. The molecule has 2 aromatic rings. The van der Waals surface area contributed by atoms with Crippen LogP contribution in [0.2, 0.25) is 5.02 Å². The zero-order chi connectivity index (χ0) is 16.8. The highest BCUT2D eigenvalue weighted by atomic mass is 35.5. The number of aromatic nitrogens is 1. The minimum atomic E-state index is -0.204. The lowest BCUT2D eigenvalue weighted by molar-refractivity contribution is -0.466. The molecule has 1 N–H and O–H groups in total. The lowest BCUT2D eigenvalue weighted by Gasteiger charge is -2.11. The number of carbonyl (C=O) groups is 1. The zero-order valence-corrected chi connectivity index (χ0v) is 14.5. The van der Waals surface area contributed by atoms with Crippen molar-refractivity contribution in [1.82, 2.24) is 10.3 Å². The van der Waals surface area contributed by atoms with Crippen LogP contribution in [-0.4, -0.2) is 30.1 Å². The topological polar surface area (TPSA) is 78.9 Å². The first kappa shape index (κ1) is 17.7. The summed E-state index contributed by atoms with van der Waals surface area (Å²) in [7, 11) is 0. The van der Waals surface area contributed by atoms with Gasteiger partial charge in [0.2, 0.25) is 5.91 Å². The highest BCUT2D eigenvalue weighted by Crippen LogP contribution is 2.38. The molecular weight excluding hydrogens is 344 g/mol. The molecule has 1 atom stereocenters. The third-order valence-electron chi connectivity index (χ3n) is 2.65. The Labute approximate surface area is 142 Å². The highest BCUT2D eigenvalue weighted by Gasteiger charge is 2.14. The van der Waals surface area contributed by atoms with E-state index in [1.54, 1.807) is 19.1 Å². The molecule has 23 heavy (non-hydrogen) atoms. The number of rotatable bonds is 8. The maximum atomic E-state index is 10.9. The van der Waals surface area contributed by atoms with E-state index in [1.165, 1.54) is 18.3 Å². The van der Waals surface area contributed by atoms with Crippen molar-refractivity contribution in [3.63, 3.8) is 0 Å². The molecule has 126 valence electrons. The van der Waals surface area contributed by atoms with Crippen LogP contribution in [0.15, 0.2) is 12.1 Å². The molecule has 0 radical (unpaired) electrons. The average Bonchev–Trinajstić information content (AvgIpc) is 2.89. The number of amides is 1. The average molecular weight is 361 g/mol. The van der Waals surface area contributed by atoms with Gasteiger partial charge < -0.3 is 14.9 Å². The molecule has 0 aliphatic heterocycles. The number of hydrogen-bond donors (Lipinski definition) is 1. The van der Waals surface area contributed by atoms with Crippen molar-refractivity contribution in [2.75, 3.05) is 13.2 Å². The van der Waals surface area contributed by atoms with E-state index in [1.807, 2.05) is 6.92 Å². The molecule has 0 spiro atoms. The summed E-state index contributed by atoms with van der Waals surface area (Å²) in [6.45, 7) is 5.75. The van der Waals surface area contributed by atoms with Gasteiger partial charge in [0, 0.05) is 6.92 Å². The fourth-order valence-corrected chi connectivity index (χ4v) is 2.96. The van der Waals surface area contributed by atoms with E-state index >= 15 is 0 Å². The van der Waals surface area contributed by atoms with E-state index in [4.69, 9.17) is 26.1 Å². The molecule has 1 aromatic heterocycles. The molecule has 0 saturated carbocycles. The van der Waals surface area contributed by atoms with Crippen LogP contribution in [0.5, 0.6) is 10.9 Å². The fraction of sp³-hybridized carbons (Fsp3) is 0.429. The largest absolute Gasteiger partial charge is 0.470 e. The Bertz CT molecular complexity index is 678. The molecule has 1 heterocycles. The van der Waals surface area contributed by atoms with Gasteiger partial charge in [-0.2, -0.15) is 4.89 Å². The smallest absolute Gasteiger partial charge is 0.274 e. The summed E-state index contributed by atoms with van der Waals surface area (Å²) < 4.78 is 6.10. The second kappa shape index (κ2) is 8.30. The number of fused-ring (bicyclic) bond motifs is 1. The van der Waals surface area contributed by atoms with Crippen LogP contribution in [0.1, 0.15) is 20.8 Å². The predicted octanol–water partition coefficient (Wildman–Crippen LogP) is 3.12. The number of nitrogens with one attached hydrogen (secondary N) is 1. The number of thiazole rings is 1. The summed E-state index contributed by atoms with van der Waals surface area (Å²) in [6.07, 6.45) is 0. The van der Waals surface area contributed by atoms with Crippen LogP contribution >= 0.6 is 22.9 Å². The summed E-state index contributed by atoms with van der Waals surface area (Å²) in [6, 6.07) is 3.17. The van der Waals surface area contributed by atoms with Gasteiger partial charge in [0.15, 0.2) is 5.75 Å². The number of halogens is 1. The molecule has 0 aliphatic carbocycles. The zero-order valence-electron chi connectivity index (χ0n) is 12.9. The van der Waals surface area contributed by atoms with Crippen LogP contribution in [0, 0.1) is 0 Å². The highest BCUT2D eigenvalue weighted by molar-refractivity contribution is 7.20. The van der Waals surface area contributed by atoms with E-state index in [2.05, 4.69) is 15.3 Å². The third-order valence-corrected chi connectivity index (χ3v) is 4.14. The maximum Gasteiger partial charge on any atom is 0.274 e. The maximum absolute atomic E-state index is 10.9. The molecular formula is C14H17ClN2O5S. The van der Waals surface area contributed by atoms with Gasteiger partial charge in [-0.15, -0.1) is 0 Å². The normalized spacial score (nSPS) is 12.2. The predicted molar refractivity (Wildman–Crippen MR) is 86.7 cm³/mol. The summed E-state index contributed by atoms with van der Waals surface area (Å²) in [4.78, 5) is 25.1. The third kappa shape index (κ3) is 4.93. The van der Waals surface area contributed by atoms with Crippen molar-refractivity contribution in [3.8, 4) is 10.9 Å². The monoisotopic (exact) mass is 360 g/mol. The second-order valence-corrected chi connectivity index (χ2v) is 6.02. The van der Waals surface area contributed by atoms with Gasteiger partial charge >= 0.3 is 0 Å². The van der Waals surface area contributed by atoms with Crippen LogP contribution in [0.3, 0.4) is 0 Å². The van der Waals surface area contributed by atoms with E-state index < -0.39 is 0 Å². The first-order valence-electron chi connectivity index (χ1n) is 6.96. The first-order valence-corrected chi connectivity index (χ1v) is 8.15. The van der Waals surface area contributed by atoms with Gasteiger partial charge in [0.1, 0.15) is 11.6 Å². The number of benzene rings is 1. The number of carbonyl (C=O) groups excluding carboxylic acids is 1. The lowest BCUT2D eigenvalue weighted by atomic mass is 10.3. The van der Waals surface area contributed by atoms with E-state index in [0.717, 1.165) is 10.2 Å². The van der Waals surface area contributed by atoms with Gasteiger partial charge in [0.25, 0.3) is 5.19 Å². The van der Waals surface area contributed by atoms with Gasteiger partial charge in [-0.25, -0.2) is 4.98 Å². The lowest BCUT2D eigenvalue weighted by Crippen LogP contribution is -2.34. The van der Waals surface area contributed by atoms with E-state index in [0.29, 0.717) is 22.6 Å². The number of nitrogens with zero attached hydrogens (tertiary/aromatic N) is 1. The molecule has 2 rings (SSSR count).